The van der Waals surface area contributed by atoms with E-state index in [1.165, 1.54) is 120 Å². The maximum Gasteiger partial charge on any atom is -0.00257 e. The van der Waals surface area contributed by atoms with Crippen LogP contribution in [0.3, 0.4) is 0 Å². The summed E-state index contributed by atoms with van der Waals surface area (Å²) in [6.45, 7) is 0. The fourth-order valence-electron chi connectivity index (χ4n) is 9.83. The van der Waals surface area contributed by atoms with E-state index in [0.717, 1.165) is 0 Å². The molecular formula is C60H38. The minimum Gasteiger partial charge on any atom is -0.0616 e. The molecule has 0 saturated heterocycles. The Labute approximate surface area is 349 Å². The van der Waals surface area contributed by atoms with Gasteiger partial charge in [-0.3, -0.25) is 0 Å². The molecule has 0 N–H and O–H groups in total. The van der Waals surface area contributed by atoms with Gasteiger partial charge in [0.15, 0.2) is 0 Å². The third-order valence-corrected chi connectivity index (χ3v) is 12.6. The van der Waals surface area contributed by atoms with Crippen molar-refractivity contribution < 1.29 is 0 Å². The highest BCUT2D eigenvalue weighted by Gasteiger charge is 2.20. The highest BCUT2D eigenvalue weighted by Crippen LogP contribution is 2.48. The van der Waals surface area contributed by atoms with E-state index in [1.54, 1.807) is 0 Å². The van der Waals surface area contributed by atoms with E-state index >= 15 is 0 Å². The molecule has 0 aromatic heterocycles. The number of hydrogen-bond donors (Lipinski definition) is 0. The summed E-state index contributed by atoms with van der Waals surface area (Å²) >= 11 is 0. The van der Waals surface area contributed by atoms with E-state index in [0.29, 0.717) is 0 Å². The van der Waals surface area contributed by atoms with Gasteiger partial charge in [-0.1, -0.05) is 200 Å². The topological polar surface area (TPSA) is 0 Å². The summed E-state index contributed by atoms with van der Waals surface area (Å²) in [7, 11) is 0. The Kier molecular flexibility index (Phi) is 7.96. The van der Waals surface area contributed by atoms with Crippen LogP contribution in [0.4, 0.5) is 0 Å². The van der Waals surface area contributed by atoms with E-state index in [1.807, 2.05) is 0 Å². The smallest absolute Gasteiger partial charge is 0.00257 e. The molecule has 0 bridgehead atoms. The van der Waals surface area contributed by atoms with Crippen molar-refractivity contribution in [1.82, 2.24) is 0 Å². The van der Waals surface area contributed by atoms with Gasteiger partial charge in [0, 0.05) is 0 Å². The molecule has 0 amide bonds. The van der Waals surface area contributed by atoms with E-state index in [9.17, 15) is 0 Å². The number of fused-ring (bicyclic) bond motifs is 6. The van der Waals surface area contributed by atoms with Crippen LogP contribution in [0.2, 0.25) is 0 Å². The molecule has 0 aliphatic rings. The first-order chi connectivity index (χ1) is 29.7. The van der Waals surface area contributed by atoms with Gasteiger partial charge < -0.3 is 0 Å². The Morgan fingerprint density at radius 1 is 0.167 bits per heavy atom. The molecule has 0 fully saturated rings. The first kappa shape index (κ1) is 34.3. The molecular weight excluding hydrogens is 721 g/mol. The van der Waals surface area contributed by atoms with Gasteiger partial charge in [0.2, 0.25) is 0 Å². The second-order valence-corrected chi connectivity index (χ2v) is 16.0. The van der Waals surface area contributed by atoms with Crippen molar-refractivity contribution in [2.45, 2.75) is 0 Å². The van der Waals surface area contributed by atoms with Gasteiger partial charge in [-0.2, -0.15) is 0 Å². The average molecular weight is 759 g/mol. The number of hydrogen-bond acceptors (Lipinski definition) is 0. The molecule has 0 radical (unpaired) electrons. The van der Waals surface area contributed by atoms with Crippen LogP contribution in [0.15, 0.2) is 231 Å². The first-order valence-corrected chi connectivity index (χ1v) is 20.8. The molecule has 0 aliphatic heterocycles. The molecule has 0 unspecified atom stereocenters. The van der Waals surface area contributed by atoms with E-state index in [2.05, 4.69) is 231 Å². The average Bonchev–Trinajstić information content (AvgIpc) is 3.32. The van der Waals surface area contributed by atoms with Crippen molar-refractivity contribution in [2.75, 3.05) is 0 Å². The molecule has 12 aromatic carbocycles. The third kappa shape index (κ3) is 5.61. The zero-order valence-electron chi connectivity index (χ0n) is 32.9. The second-order valence-electron chi connectivity index (χ2n) is 16.0. The van der Waals surface area contributed by atoms with Gasteiger partial charge >= 0.3 is 0 Å². The number of rotatable bonds is 5. The fourth-order valence-corrected chi connectivity index (χ4v) is 9.83. The van der Waals surface area contributed by atoms with Crippen LogP contribution in [0.5, 0.6) is 0 Å². The van der Waals surface area contributed by atoms with Crippen LogP contribution in [0, 0.1) is 0 Å². The lowest BCUT2D eigenvalue weighted by Gasteiger charge is -2.21. The Hall–Kier alpha value is -7.80. The fraction of sp³-hybridized carbons (Fsp3) is 0. The van der Waals surface area contributed by atoms with E-state index in [4.69, 9.17) is 0 Å². The van der Waals surface area contributed by atoms with Crippen molar-refractivity contribution in [3.63, 3.8) is 0 Å². The lowest BCUT2D eigenvalue weighted by molar-refractivity contribution is 1.61. The molecule has 0 atom stereocenters. The lowest BCUT2D eigenvalue weighted by atomic mass is 9.82. The van der Waals surface area contributed by atoms with Gasteiger partial charge in [0.1, 0.15) is 0 Å². The minimum absolute atomic E-state index is 1.20. The Balaban J connectivity index is 1.22. The first-order valence-electron chi connectivity index (χ1n) is 20.8. The summed E-state index contributed by atoms with van der Waals surface area (Å²) in [4.78, 5) is 0. The van der Waals surface area contributed by atoms with Gasteiger partial charge in [-0.05, 0) is 151 Å². The van der Waals surface area contributed by atoms with Crippen molar-refractivity contribution in [2.24, 2.45) is 0 Å². The van der Waals surface area contributed by atoms with Crippen molar-refractivity contribution in [3.05, 3.63) is 231 Å². The summed E-state index contributed by atoms with van der Waals surface area (Å²) in [6, 6.07) is 85.5. The summed E-state index contributed by atoms with van der Waals surface area (Å²) in [6.07, 6.45) is 0. The molecule has 12 rings (SSSR count). The Bertz CT molecular complexity index is 3550. The van der Waals surface area contributed by atoms with Gasteiger partial charge in [0.05, 0.1) is 0 Å². The second kappa shape index (κ2) is 13.9. The highest BCUT2D eigenvalue weighted by molar-refractivity contribution is 6.23. The monoisotopic (exact) mass is 758 g/mol. The predicted molar refractivity (Wildman–Crippen MR) is 259 cm³/mol. The number of benzene rings is 12. The van der Waals surface area contributed by atoms with Gasteiger partial charge in [-0.15, -0.1) is 0 Å². The van der Waals surface area contributed by atoms with Crippen LogP contribution in [-0.4, -0.2) is 0 Å². The summed E-state index contributed by atoms with van der Waals surface area (Å²) in [5.41, 5.74) is 12.2. The zero-order valence-corrected chi connectivity index (χ0v) is 32.9. The molecule has 0 spiro atoms. The SMILES string of the molecule is c1ccc2cc(-c3c4ccccc4c(-c4cc(-c5cccc6ccccc56)cc(-c5cccc6ccccc56)c4)c4cc(-c5cccc6ccccc56)ccc34)ccc2c1. The van der Waals surface area contributed by atoms with Crippen LogP contribution in [0.25, 0.3) is 120 Å². The van der Waals surface area contributed by atoms with E-state index < -0.39 is 0 Å². The Morgan fingerprint density at radius 2 is 0.550 bits per heavy atom. The summed E-state index contributed by atoms with van der Waals surface area (Å²) < 4.78 is 0. The van der Waals surface area contributed by atoms with Crippen molar-refractivity contribution in [1.29, 1.82) is 0 Å². The maximum atomic E-state index is 2.46. The Morgan fingerprint density at radius 3 is 1.10 bits per heavy atom. The van der Waals surface area contributed by atoms with Gasteiger partial charge in [-0.25, -0.2) is 0 Å². The maximum absolute atomic E-state index is 2.46. The largest absolute Gasteiger partial charge is 0.0616 e. The van der Waals surface area contributed by atoms with Gasteiger partial charge in [0.25, 0.3) is 0 Å². The predicted octanol–water partition coefficient (Wildman–Crippen LogP) is 16.9. The highest BCUT2D eigenvalue weighted by atomic mass is 14.2. The summed E-state index contributed by atoms with van der Waals surface area (Å²) in [5.74, 6) is 0. The quantitative estimate of drug-likeness (QED) is 0.153. The molecule has 0 heterocycles. The van der Waals surface area contributed by atoms with Crippen LogP contribution >= 0.6 is 0 Å². The minimum atomic E-state index is 1.20. The standard InChI is InChI=1S/C60H38/c1-2-18-43-34-45(31-30-39(43)14-1)59-55-25-9-10-26-56(55)60(58-38-44(32-33-57(58)59)52-27-11-19-40-15-3-6-22-49(40)52)48-36-46(53-28-12-20-41-16-4-7-23-50(41)53)35-47(37-48)54-29-13-21-42-17-5-8-24-51(42)54/h1-38H. The third-order valence-electron chi connectivity index (χ3n) is 12.6. The molecule has 0 heteroatoms. The lowest BCUT2D eigenvalue weighted by Crippen LogP contribution is -1.94. The zero-order chi connectivity index (χ0) is 39.6. The molecule has 0 saturated carbocycles. The molecule has 60 heavy (non-hydrogen) atoms. The van der Waals surface area contributed by atoms with Crippen molar-refractivity contribution >= 4 is 64.6 Å². The van der Waals surface area contributed by atoms with Crippen LogP contribution in [-0.2, 0) is 0 Å². The van der Waals surface area contributed by atoms with Crippen LogP contribution in [0.1, 0.15) is 0 Å². The van der Waals surface area contributed by atoms with Crippen LogP contribution < -0.4 is 0 Å². The van der Waals surface area contributed by atoms with E-state index in [-0.39, 0.29) is 0 Å². The summed E-state index contributed by atoms with van der Waals surface area (Å²) in [5, 5.41) is 14.9. The van der Waals surface area contributed by atoms with Crippen molar-refractivity contribution in [3.8, 4) is 55.6 Å². The molecule has 278 valence electrons. The normalized spacial score (nSPS) is 11.7. The molecule has 12 aromatic rings. The molecule has 0 nitrogen and oxygen atoms in total. The molecule has 0 aliphatic carbocycles.